The number of hydrogen-bond acceptors (Lipinski definition) is 4. The molecular formula is C11H15ClN4O. The summed E-state index contributed by atoms with van der Waals surface area (Å²) in [4.78, 5) is 4.25. The number of rotatable bonds is 5. The first-order valence-corrected chi connectivity index (χ1v) is 5.90. The molecule has 0 bridgehead atoms. The summed E-state index contributed by atoms with van der Waals surface area (Å²) in [6.07, 6.45) is 3.89. The molecule has 0 aliphatic heterocycles. The molecular weight excluding hydrogens is 240 g/mol. The SMILES string of the molecule is CCn1ncnc1CC(NC)c1ccoc1Cl. The molecule has 1 atom stereocenters. The Balaban J connectivity index is 2.19. The zero-order valence-electron chi connectivity index (χ0n) is 9.85. The maximum Gasteiger partial charge on any atom is 0.197 e. The second-order valence-corrected chi connectivity index (χ2v) is 4.03. The quantitative estimate of drug-likeness (QED) is 0.887. The minimum absolute atomic E-state index is 0.0794. The Labute approximate surface area is 105 Å². The Bertz CT molecular complexity index is 479. The summed E-state index contributed by atoms with van der Waals surface area (Å²) in [6.45, 7) is 2.85. The van der Waals surface area contributed by atoms with Gasteiger partial charge in [0.25, 0.3) is 0 Å². The fourth-order valence-corrected chi connectivity index (χ4v) is 2.06. The molecule has 92 valence electrons. The van der Waals surface area contributed by atoms with Crippen molar-refractivity contribution in [3.8, 4) is 0 Å². The summed E-state index contributed by atoms with van der Waals surface area (Å²) >= 11 is 5.98. The van der Waals surface area contributed by atoms with E-state index in [1.807, 2.05) is 24.7 Å². The van der Waals surface area contributed by atoms with Crippen LogP contribution in [0, 0.1) is 0 Å². The van der Waals surface area contributed by atoms with Gasteiger partial charge in [0.05, 0.1) is 6.26 Å². The summed E-state index contributed by atoms with van der Waals surface area (Å²) in [5.41, 5.74) is 0.944. The van der Waals surface area contributed by atoms with Gasteiger partial charge in [-0.1, -0.05) is 0 Å². The topological polar surface area (TPSA) is 55.9 Å². The molecule has 0 amide bonds. The molecule has 2 rings (SSSR count). The lowest BCUT2D eigenvalue weighted by Crippen LogP contribution is -2.20. The van der Waals surface area contributed by atoms with Crippen LogP contribution in [-0.2, 0) is 13.0 Å². The lowest BCUT2D eigenvalue weighted by Gasteiger charge is -2.14. The zero-order chi connectivity index (χ0) is 12.3. The standard InChI is InChI=1S/C11H15ClN4O/c1-3-16-10(14-7-15-16)6-9(13-2)8-4-5-17-11(8)12/h4-5,7,9,13H,3,6H2,1-2H3. The Morgan fingerprint density at radius 2 is 2.41 bits per heavy atom. The summed E-state index contributed by atoms with van der Waals surface area (Å²) in [7, 11) is 1.89. The summed E-state index contributed by atoms with van der Waals surface area (Å²) in [6, 6.07) is 1.95. The third kappa shape index (κ3) is 2.50. The summed E-state index contributed by atoms with van der Waals surface area (Å²) < 4.78 is 6.98. The van der Waals surface area contributed by atoms with E-state index < -0.39 is 0 Å². The van der Waals surface area contributed by atoms with Crippen LogP contribution in [0.25, 0.3) is 0 Å². The first kappa shape index (κ1) is 12.1. The molecule has 17 heavy (non-hydrogen) atoms. The average Bonchev–Trinajstić information content (AvgIpc) is 2.94. The predicted molar refractivity (Wildman–Crippen MR) is 64.9 cm³/mol. The van der Waals surface area contributed by atoms with Crippen molar-refractivity contribution in [2.24, 2.45) is 0 Å². The van der Waals surface area contributed by atoms with Crippen LogP contribution in [0.4, 0.5) is 0 Å². The zero-order valence-corrected chi connectivity index (χ0v) is 10.6. The number of likely N-dealkylation sites (N-methyl/N-ethyl adjacent to an activating group) is 1. The molecule has 1 unspecified atom stereocenters. The molecule has 2 aromatic rings. The van der Waals surface area contributed by atoms with Crippen molar-refractivity contribution < 1.29 is 4.42 Å². The van der Waals surface area contributed by atoms with Crippen molar-refractivity contribution in [1.82, 2.24) is 20.1 Å². The van der Waals surface area contributed by atoms with Crippen LogP contribution in [0.5, 0.6) is 0 Å². The number of furan rings is 1. The molecule has 2 aromatic heterocycles. The molecule has 1 N–H and O–H groups in total. The average molecular weight is 255 g/mol. The van der Waals surface area contributed by atoms with E-state index >= 15 is 0 Å². The lowest BCUT2D eigenvalue weighted by molar-refractivity contribution is 0.519. The van der Waals surface area contributed by atoms with Crippen molar-refractivity contribution in [3.05, 3.63) is 35.3 Å². The van der Waals surface area contributed by atoms with Gasteiger partial charge in [0.2, 0.25) is 0 Å². The first-order valence-electron chi connectivity index (χ1n) is 5.53. The van der Waals surface area contributed by atoms with Crippen molar-refractivity contribution in [2.75, 3.05) is 7.05 Å². The molecule has 6 heteroatoms. The minimum Gasteiger partial charge on any atom is -0.453 e. The normalized spacial score (nSPS) is 12.9. The second-order valence-electron chi connectivity index (χ2n) is 3.69. The van der Waals surface area contributed by atoms with Crippen LogP contribution in [-0.4, -0.2) is 21.8 Å². The molecule has 2 heterocycles. The van der Waals surface area contributed by atoms with Crippen LogP contribution < -0.4 is 5.32 Å². The Morgan fingerprint density at radius 1 is 1.59 bits per heavy atom. The predicted octanol–water partition coefficient (Wildman–Crippen LogP) is 2.05. The highest BCUT2D eigenvalue weighted by Gasteiger charge is 2.18. The highest BCUT2D eigenvalue weighted by Crippen LogP contribution is 2.25. The van der Waals surface area contributed by atoms with Gasteiger partial charge < -0.3 is 9.73 Å². The van der Waals surface area contributed by atoms with Gasteiger partial charge in [-0.2, -0.15) is 5.10 Å². The van der Waals surface area contributed by atoms with E-state index in [0.717, 1.165) is 24.4 Å². The van der Waals surface area contributed by atoms with Crippen LogP contribution in [0.15, 0.2) is 23.1 Å². The minimum atomic E-state index is 0.0794. The van der Waals surface area contributed by atoms with Crippen molar-refractivity contribution in [3.63, 3.8) is 0 Å². The molecule has 5 nitrogen and oxygen atoms in total. The summed E-state index contributed by atoms with van der Waals surface area (Å²) in [5.74, 6) is 0.934. The molecule has 0 radical (unpaired) electrons. The first-order chi connectivity index (χ1) is 8.26. The molecule has 0 fully saturated rings. The smallest absolute Gasteiger partial charge is 0.197 e. The van der Waals surface area contributed by atoms with E-state index in [0.29, 0.717) is 5.22 Å². The number of hydrogen-bond donors (Lipinski definition) is 1. The largest absolute Gasteiger partial charge is 0.453 e. The van der Waals surface area contributed by atoms with E-state index in [2.05, 4.69) is 15.4 Å². The number of aromatic nitrogens is 3. The summed E-state index contributed by atoms with van der Waals surface area (Å²) in [5, 5.41) is 7.78. The van der Waals surface area contributed by atoms with Crippen molar-refractivity contribution >= 4 is 11.6 Å². The lowest BCUT2D eigenvalue weighted by atomic mass is 10.1. The maximum absolute atomic E-state index is 5.98. The van der Waals surface area contributed by atoms with Gasteiger partial charge in [-0.25, -0.2) is 4.98 Å². The highest BCUT2D eigenvalue weighted by atomic mass is 35.5. The van der Waals surface area contributed by atoms with E-state index in [9.17, 15) is 0 Å². The third-order valence-corrected chi connectivity index (χ3v) is 3.06. The van der Waals surface area contributed by atoms with Crippen molar-refractivity contribution in [2.45, 2.75) is 25.9 Å². The van der Waals surface area contributed by atoms with Gasteiger partial charge in [-0.05, 0) is 31.6 Å². The monoisotopic (exact) mass is 254 g/mol. The van der Waals surface area contributed by atoms with Crippen LogP contribution in [0.1, 0.15) is 24.4 Å². The number of nitrogens with zero attached hydrogens (tertiary/aromatic N) is 3. The van der Waals surface area contributed by atoms with Gasteiger partial charge in [0.15, 0.2) is 5.22 Å². The van der Waals surface area contributed by atoms with E-state index in [1.165, 1.54) is 0 Å². The van der Waals surface area contributed by atoms with E-state index in [4.69, 9.17) is 16.0 Å². The van der Waals surface area contributed by atoms with Gasteiger partial charge >= 0.3 is 0 Å². The number of halogens is 1. The molecule has 0 saturated heterocycles. The second kappa shape index (κ2) is 5.33. The van der Waals surface area contributed by atoms with E-state index in [1.54, 1.807) is 12.6 Å². The number of nitrogens with one attached hydrogen (secondary N) is 1. The fourth-order valence-electron chi connectivity index (χ4n) is 1.81. The highest BCUT2D eigenvalue weighted by molar-refractivity contribution is 6.29. The molecule has 0 spiro atoms. The van der Waals surface area contributed by atoms with Gasteiger partial charge in [0.1, 0.15) is 12.2 Å². The van der Waals surface area contributed by atoms with Gasteiger partial charge in [0, 0.05) is 24.6 Å². The fraction of sp³-hybridized carbons (Fsp3) is 0.455. The van der Waals surface area contributed by atoms with Crippen LogP contribution in [0.2, 0.25) is 5.22 Å². The Hall–Kier alpha value is -1.33. The number of aryl methyl sites for hydroxylation is 1. The van der Waals surface area contributed by atoms with Crippen LogP contribution >= 0.6 is 11.6 Å². The molecule has 0 saturated carbocycles. The van der Waals surface area contributed by atoms with Crippen molar-refractivity contribution in [1.29, 1.82) is 0 Å². The Kier molecular flexibility index (Phi) is 3.81. The van der Waals surface area contributed by atoms with Gasteiger partial charge in [-0.15, -0.1) is 0 Å². The van der Waals surface area contributed by atoms with Gasteiger partial charge in [-0.3, -0.25) is 4.68 Å². The maximum atomic E-state index is 5.98. The third-order valence-electron chi connectivity index (χ3n) is 2.75. The molecule has 0 aromatic carbocycles. The molecule has 0 aliphatic rings. The Morgan fingerprint density at radius 3 is 3.00 bits per heavy atom. The van der Waals surface area contributed by atoms with Crippen LogP contribution in [0.3, 0.4) is 0 Å². The van der Waals surface area contributed by atoms with E-state index in [-0.39, 0.29) is 6.04 Å². The molecule has 0 aliphatic carbocycles.